The van der Waals surface area contributed by atoms with Gasteiger partial charge in [0, 0.05) is 33.5 Å². The zero-order chi connectivity index (χ0) is 13.1. The second-order valence-electron chi connectivity index (χ2n) is 3.98. The van der Waals surface area contributed by atoms with E-state index in [1.165, 1.54) is 0 Å². The average molecular weight is 282 g/mol. The van der Waals surface area contributed by atoms with Crippen LogP contribution in [0, 0.1) is 0 Å². The minimum absolute atomic E-state index is 0.0714. The fourth-order valence-corrected chi connectivity index (χ4v) is 2.40. The van der Waals surface area contributed by atoms with E-state index < -0.39 is 0 Å². The van der Waals surface area contributed by atoms with Crippen LogP contribution >= 0.6 is 23.2 Å². The first-order valence-corrected chi connectivity index (χ1v) is 6.32. The molecule has 0 fully saturated rings. The van der Waals surface area contributed by atoms with Gasteiger partial charge in [-0.05, 0) is 24.1 Å². The first kappa shape index (κ1) is 13.2. The van der Waals surface area contributed by atoms with Crippen molar-refractivity contribution < 1.29 is 5.11 Å². The largest absolute Gasteiger partial charge is 0.398 e. The minimum atomic E-state index is 0.0714. The number of rotatable bonds is 3. The van der Waals surface area contributed by atoms with Crippen molar-refractivity contribution in [2.24, 2.45) is 0 Å². The molecule has 0 amide bonds. The van der Waals surface area contributed by atoms with Gasteiger partial charge in [0.2, 0.25) is 0 Å². The van der Waals surface area contributed by atoms with Crippen molar-refractivity contribution >= 4 is 28.9 Å². The molecule has 0 atom stereocenters. The van der Waals surface area contributed by atoms with E-state index in [0.29, 0.717) is 22.2 Å². The summed E-state index contributed by atoms with van der Waals surface area (Å²) in [5, 5.41) is 10.2. The van der Waals surface area contributed by atoms with Crippen molar-refractivity contribution in [1.82, 2.24) is 0 Å². The van der Waals surface area contributed by atoms with Crippen molar-refractivity contribution in [2.75, 3.05) is 12.3 Å². The highest BCUT2D eigenvalue weighted by Crippen LogP contribution is 2.35. The molecule has 2 aromatic rings. The van der Waals surface area contributed by atoms with Crippen LogP contribution in [0.2, 0.25) is 10.0 Å². The summed E-state index contributed by atoms with van der Waals surface area (Å²) in [6, 6.07) is 11.0. The second kappa shape index (κ2) is 5.61. The predicted molar refractivity (Wildman–Crippen MR) is 77.1 cm³/mol. The van der Waals surface area contributed by atoms with Gasteiger partial charge in [0.1, 0.15) is 0 Å². The van der Waals surface area contributed by atoms with Gasteiger partial charge in [-0.25, -0.2) is 0 Å². The molecule has 2 aromatic carbocycles. The third kappa shape index (κ3) is 2.61. The molecule has 2 rings (SSSR count). The lowest BCUT2D eigenvalue weighted by Crippen LogP contribution is -1.99. The van der Waals surface area contributed by atoms with Gasteiger partial charge in [0.15, 0.2) is 0 Å². The lowest BCUT2D eigenvalue weighted by atomic mass is 9.99. The van der Waals surface area contributed by atoms with Crippen LogP contribution in [-0.4, -0.2) is 11.7 Å². The van der Waals surface area contributed by atoms with E-state index in [1.54, 1.807) is 12.1 Å². The Hall–Kier alpha value is -1.22. The molecule has 0 spiro atoms. The summed E-state index contributed by atoms with van der Waals surface area (Å²) < 4.78 is 0. The first-order chi connectivity index (χ1) is 8.63. The molecule has 0 aromatic heterocycles. The number of nitrogens with two attached hydrogens (primary N) is 1. The number of para-hydroxylation sites is 1. The quantitative estimate of drug-likeness (QED) is 0.841. The maximum Gasteiger partial charge on any atom is 0.0499 e. The van der Waals surface area contributed by atoms with Crippen LogP contribution in [0.25, 0.3) is 11.1 Å². The Morgan fingerprint density at radius 1 is 1.06 bits per heavy atom. The van der Waals surface area contributed by atoms with Crippen molar-refractivity contribution in [3.8, 4) is 11.1 Å². The molecule has 94 valence electrons. The minimum Gasteiger partial charge on any atom is -0.398 e. The fourth-order valence-electron chi connectivity index (χ4n) is 1.89. The lowest BCUT2D eigenvalue weighted by molar-refractivity contribution is 0.300. The SMILES string of the molecule is Nc1c(CCO)cccc1-c1ccc(Cl)cc1Cl. The Bertz CT molecular complexity index is 570. The highest BCUT2D eigenvalue weighted by Gasteiger charge is 2.10. The molecule has 0 heterocycles. The number of nitrogen functional groups attached to an aromatic ring is 1. The van der Waals surface area contributed by atoms with E-state index in [-0.39, 0.29) is 6.61 Å². The van der Waals surface area contributed by atoms with Crippen molar-refractivity contribution in [2.45, 2.75) is 6.42 Å². The number of hydrogen-bond acceptors (Lipinski definition) is 2. The Morgan fingerprint density at radius 2 is 1.83 bits per heavy atom. The fraction of sp³-hybridized carbons (Fsp3) is 0.143. The van der Waals surface area contributed by atoms with E-state index in [4.69, 9.17) is 34.0 Å². The zero-order valence-corrected chi connectivity index (χ0v) is 11.2. The van der Waals surface area contributed by atoms with E-state index in [1.807, 2.05) is 24.3 Å². The number of anilines is 1. The van der Waals surface area contributed by atoms with Gasteiger partial charge in [0.25, 0.3) is 0 Å². The van der Waals surface area contributed by atoms with Gasteiger partial charge < -0.3 is 10.8 Å². The van der Waals surface area contributed by atoms with Crippen LogP contribution < -0.4 is 5.73 Å². The Kier molecular flexibility index (Phi) is 4.12. The number of aliphatic hydroxyl groups excluding tert-OH is 1. The number of benzene rings is 2. The monoisotopic (exact) mass is 281 g/mol. The van der Waals surface area contributed by atoms with Crippen LogP contribution in [-0.2, 0) is 6.42 Å². The molecule has 0 saturated carbocycles. The third-order valence-corrected chi connectivity index (χ3v) is 3.35. The summed E-state index contributed by atoms with van der Waals surface area (Å²) >= 11 is 12.1. The smallest absolute Gasteiger partial charge is 0.0499 e. The molecular formula is C14H13Cl2NO. The van der Waals surface area contributed by atoms with Gasteiger partial charge in [-0.1, -0.05) is 47.5 Å². The van der Waals surface area contributed by atoms with Crippen LogP contribution in [0.3, 0.4) is 0 Å². The third-order valence-electron chi connectivity index (χ3n) is 2.80. The lowest BCUT2D eigenvalue weighted by Gasteiger charge is -2.12. The molecule has 3 N–H and O–H groups in total. The standard InChI is InChI=1S/C14H13Cl2NO/c15-10-4-5-11(13(16)8-10)12-3-1-2-9(6-7-18)14(12)17/h1-5,8,18H,6-7,17H2. The van der Waals surface area contributed by atoms with Crippen molar-refractivity contribution in [3.05, 3.63) is 52.0 Å². The van der Waals surface area contributed by atoms with Gasteiger partial charge >= 0.3 is 0 Å². The summed E-state index contributed by atoms with van der Waals surface area (Å²) in [4.78, 5) is 0. The summed E-state index contributed by atoms with van der Waals surface area (Å²) in [5.74, 6) is 0. The molecule has 18 heavy (non-hydrogen) atoms. The van der Waals surface area contributed by atoms with Gasteiger partial charge in [-0.3, -0.25) is 0 Å². The van der Waals surface area contributed by atoms with Crippen LogP contribution in [0.4, 0.5) is 5.69 Å². The Labute approximate surface area is 116 Å². The van der Waals surface area contributed by atoms with Crippen molar-refractivity contribution in [3.63, 3.8) is 0 Å². The molecule has 2 nitrogen and oxygen atoms in total. The maximum absolute atomic E-state index is 9.00. The zero-order valence-electron chi connectivity index (χ0n) is 9.66. The second-order valence-corrected chi connectivity index (χ2v) is 4.82. The van der Waals surface area contributed by atoms with Crippen molar-refractivity contribution in [1.29, 1.82) is 0 Å². The summed E-state index contributed by atoms with van der Waals surface area (Å²) in [6.07, 6.45) is 0.533. The molecular weight excluding hydrogens is 269 g/mol. The number of hydrogen-bond donors (Lipinski definition) is 2. The molecule has 0 aliphatic rings. The Morgan fingerprint density at radius 3 is 2.50 bits per heavy atom. The summed E-state index contributed by atoms with van der Waals surface area (Å²) in [5.41, 5.74) is 9.38. The molecule has 0 aliphatic carbocycles. The van der Waals surface area contributed by atoms with Gasteiger partial charge in [-0.15, -0.1) is 0 Å². The normalized spacial score (nSPS) is 10.6. The Balaban J connectivity index is 2.53. The van der Waals surface area contributed by atoms with E-state index in [0.717, 1.165) is 16.7 Å². The molecule has 0 bridgehead atoms. The number of aliphatic hydroxyl groups is 1. The maximum atomic E-state index is 9.00. The highest BCUT2D eigenvalue weighted by molar-refractivity contribution is 6.36. The van der Waals surface area contributed by atoms with Crippen LogP contribution in [0.5, 0.6) is 0 Å². The predicted octanol–water partition coefficient (Wildman–Crippen LogP) is 3.78. The topological polar surface area (TPSA) is 46.2 Å². The van der Waals surface area contributed by atoms with E-state index >= 15 is 0 Å². The molecule has 0 radical (unpaired) electrons. The molecule has 0 aliphatic heterocycles. The van der Waals surface area contributed by atoms with Gasteiger partial charge in [-0.2, -0.15) is 0 Å². The van der Waals surface area contributed by atoms with E-state index in [9.17, 15) is 0 Å². The van der Waals surface area contributed by atoms with Crippen LogP contribution in [0.1, 0.15) is 5.56 Å². The average Bonchev–Trinajstić information content (AvgIpc) is 2.33. The molecule has 0 unspecified atom stereocenters. The first-order valence-electron chi connectivity index (χ1n) is 5.57. The molecule has 0 saturated heterocycles. The van der Waals surface area contributed by atoms with E-state index in [2.05, 4.69) is 0 Å². The number of halogens is 2. The van der Waals surface area contributed by atoms with Gasteiger partial charge in [0.05, 0.1) is 0 Å². The molecule has 4 heteroatoms. The highest BCUT2D eigenvalue weighted by atomic mass is 35.5. The summed E-state index contributed by atoms with van der Waals surface area (Å²) in [6.45, 7) is 0.0714. The summed E-state index contributed by atoms with van der Waals surface area (Å²) in [7, 11) is 0. The van der Waals surface area contributed by atoms with Crippen LogP contribution in [0.15, 0.2) is 36.4 Å².